The SMILES string of the molecule is C=C(C)S(=O)(=O)N(C)C. The van der Waals surface area contributed by atoms with Crippen LogP contribution >= 0.6 is 0 Å². The van der Waals surface area contributed by atoms with E-state index in [1.165, 1.54) is 21.0 Å². The van der Waals surface area contributed by atoms with Gasteiger partial charge in [0.1, 0.15) is 0 Å². The average Bonchev–Trinajstić information content (AvgIpc) is 1.65. The number of allylic oxidation sites excluding steroid dienone is 1. The zero-order valence-corrected chi connectivity index (χ0v) is 6.70. The summed E-state index contributed by atoms with van der Waals surface area (Å²) in [7, 11) is -0.224. The predicted octanol–water partition coefficient (Wildman–Crippen LogP) is 0.411. The summed E-state index contributed by atoms with van der Waals surface area (Å²) in [6.45, 7) is 4.79. The van der Waals surface area contributed by atoms with E-state index in [1.807, 2.05) is 0 Å². The van der Waals surface area contributed by atoms with Gasteiger partial charge in [0, 0.05) is 19.0 Å². The molecule has 0 aliphatic rings. The highest BCUT2D eigenvalue weighted by Crippen LogP contribution is 2.04. The van der Waals surface area contributed by atoms with E-state index < -0.39 is 10.0 Å². The molecule has 0 aromatic heterocycles. The zero-order chi connectivity index (χ0) is 7.65. The van der Waals surface area contributed by atoms with Crippen molar-refractivity contribution in [2.24, 2.45) is 0 Å². The largest absolute Gasteiger partial charge is 0.237 e. The molecular formula is C5H11NO2S. The molecule has 0 unspecified atom stereocenters. The normalized spacial score (nSPS) is 12.0. The summed E-state index contributed by atoms with van der Waals surface area (Å²) in [5.41, 5.74) is 0. The van der Waals surface area contributed by atoms with Crippen LogP contribution in [-0.2, 0) is 10.0 Å². The fourth-order valence-corrected chi connectivity index (χ4v) is 0.935. The van der Waals surface area contributed by atoms with Gasteiger partial charge in [0.2, 0.25) is 10.0 Å². The Bertz CT molecular complexity index is 203. The number of hydrogen-bond donors (Lipinski definition) is 0. The summed E-state index contributed by atoms with van der Waals surface area (Å²) >= 11 is 0. The van der Waals surface area contributed by atoms with Crippen LogP contribution in [0.1, 0.15) is 6.92 Å². The van der Waals surface area contributed by atoms with Crippen LogP contribution in [0.15, 0.2) is 11.5 Å². The van der Waals surface area contributed by atoms with E-state index in [9.17, 15) is 8.42 Å². The van der Waals surface area contributed by atoms with Crippen LogP contribution in [0.5, 0.6) is 0 Å². The fraction of sp³-hybridized carbons (Fsp3) is 0.600. The molecule has 0 amide bonds. The van der Waals surface area contributed by atoms with Crippen molar-refractivity contribution in [3.63, 3.8) is 0 Å². The van der Waals surface area contributed by atoms with Crippen molar-refractivity contribution in [2.75, 3.05) is 14.1 Å². The van der Waals surface area contributed by atoms with Crippen LogP contribution in [0, 0.1) is 0 Å². The molecule has 4 heteroatoms. The highest BCUT2D eigenvalue weighted by molar-refractivity contribution is 7.92. The summed E-state index contributed by atoms with van der Waals surface area (Å²) in [5, 5.41) is 0. The molecule has 54 valence electrons. The molecule has 0 aliphatic heterocycles. The molecule has 3 nitrogen and oxygen atoms in total. The first-order valence-electron chi connectivity index (χ1n) is 2.47. The maximum atomic E-state index is 10.9. The molecule has 0 fully saturated rings. The van der Waals surface area contributed by atoms with E-state index in [1.54, 1.807) is 0 Å². The fourth-order valence-electron chi connectivity index (χ4n) is 0.312. The lowest BCUT2D eigenvalue weighted by Gasteiger charge is -2.09. The topological polar surface area (TPSA) is 37.4 Å². The third kappa shape index (κ3) is 1.80. The van der Waals surface area contributed by atoms with Gasteiger partial charge in [-0.2, -0.15) is 0 Å². The van der Waals surface area contributed by atoms with E-state index in [-0.39, 0.29) is 4.91 Å². The van der Waals surface area contributed by atoms with Gasteiger partial charge >= 0.3 is 0 Å². The molecule has 9 heavy (non-hydrogen) atoms. The van der Waals surface area contributed by atoms with Gasteiger partial charge in [-0.1, -0.05) is 6.58 Å². The van der Waals surface area contributed by atoms with E-state index in [2.05, 4.69) is 6.58 Å². The molecule has 0 spiro atoms. The van der Waals surface area contributed by atoms with Gasteiger partial charge in [-0.25, -0.2) is 12.7 Å². The van der Waals surface area contributed by atoms with Crippen molar-refractivity contribution < 1.29 is 8.42 Å². The lowest BCUT2D eigenvalue weighted by molar-refractivity contribution is 0.528. The molecule has 0 radical (unpaired) electrons. The third-order valence-corrected chi connectivity index (χ3v) is 2.76. The molecule has 0 aromatic carbocycles. The van der Waals surface area contributed by atoms with Crippen LogP contribution in [0.2, 0.25) is 0 Å². The zero-order valence-electron chi connectivity index (χ0n) is 5.88. The van der Waals surface area contributed by atoms with Gasteiger partial charge < -0.3 is 0 Å². The van der Waals surface area contributed by atoms with Crippen LogP contribution in [0.25, 0.3) is 0 Å². The molecule has 0 atom stereocenters. The molecule has 0 N–H and O–H groups in total. The van der Waals surface area contributed by atoms with E-state index in [0.717, 1.165) is 4.31 Å². The Morgan fingerprint density at radius 2 is 1.78 bits per heavy atom. The van der Waals surface area contributed by atoms with Crippen LogP contribution < -0.4 is 0 Å². The predicted molar refractivity (Wildman–Crippen MR) is 37.4 cm³/mol. The summed E-state index contributed by atoms with van der Waals surface area (Å²) in [4.78, 5) is 0.174. The first kappa shape index (κ1) is 8.65. The Kier molecular flexibility index (Phi) is 2.40. The number of rotatable bonds is 2. The summed E-state index contributed by atoms with van der Waals surface area (Å²) in [5.74, 6) is 0. The Morgan fingerprint density at radius 3 is 1.78 bits per heavy atom. The quantitative estimate of drug-likeness (QED) is 0.570. The average molecular weight is 149 g/mol. The van der Waals surface area contributed by atoms with Crippen LogP contribution in [0.3, 0.4) is 0 Å². The van der Waals surface area contributed by atoms with Crippen LogP contribution in [0.4, 0.5) is 0 Å². The van der Waals surface area contributed by atoms with Gasteiger partial charge in [-0.15, -0.1) is 0 Å². The number of sulfonamides is 1. The highest BCUT2D eigenvalue weighted by Gasteiger charge is 2.12. The van der Waals surface area contributed by atoms with Crippen molar-refractivity contribution >= 4 is 10.0 Å². The Balaban J connectivity index is 4.63. The van der Waals surface area contributed by atoms with E-state index >= 15 is 0 Å². The van der Waals surface area contributed by atoms with Gasteiger partial charge in [-0.05, 0) is 6.92 Å². The Morgan fingerprint density at radius 1 is 1.44 bits per heavy atom. The molecule has 0 aliphatic carbocycles. The maximum Gasteiger partial charge on any atom is 0.237 e. The molecule has 0 bridgehead atoms. The number of hydrogen-bond acceptors (Lipinski definition) is 2. The molecule has 0 heterocycles. The minimum absolute atomic E-state index is 0.174. The molecular weight excluding hydrogens is 138 g/mol. The first-order valence-corrected chi connectivity index (χ1v) is 3.91. The van der Waals surface area contributed by atoms with Crippen molar-refractivity contribution in [1.29, 1.82) is 0 Å². The smallest absolute Gasteiger partial charge is 0.207 e. The second-order valence-corrected chi connectivity index (χ2v) is 4.37. The minimum Gasteiger partial charge on any atom is -0.207 e. The van der Waals surface area contributed by atoms with Crippen molar-refractivity contribution in [2.45, 2.75) is 6.92 Å². The van der Waals surface area contributed by atoms with Gasteiger partial charge in [0.05, 0.1) is 0 Å². The lowest BCUT2D eigenvalue weighted by atomic mass is 10.8. The van der Waals surface area contributed by atoms with E-state index in [0.29, 0.717) is 0 Å². The number of nitrogens with zero attached hydrogens (tertiary/aromatic N) is 1. The summed E-state index contributed by atoms with van der Waals surface area (Å²) < 4.78 is 22.8. The minimum atomic E-state index is -3.18. The third-order valence-electron chi connectivity index (χ3n) is 0.921. The maximum absolute atomic E-state index is 10.9. The molecule has 0 aromatic rings. The second kappa shape index (κ2) is 2.49. The highest BCUT2D eigenvalue weighted by atomic mass is 32.2. The standard InChI is InChI=1S/C5H11NO2S/c1-5(2)9(7,8)6(3)4/h1H2,2-4H3. The van der Waals surface area contributed by atoms with Gasteiger partial charge in [0.25, 0.3) is 0 Å². The summed E-state index contributed by atoms with van der Waals surface area (Å²) in [6.07, 6.45) is 0. The molecule has 0 saturated heterocycles. The van der Waals surface area contributed by atoms with E-state index in [4.69, 9.17) is 0 Å². The van der Waals surface area contributed by atoms with Crippen molar-refractivity contribution in [1.82, 2.24) is 4.31 Å². The van der Waals surface area contributed by atoms with Crippen molar-refractivity contribution in [3.05, 3.63) is 11.5 Å². The lowest BCUT2D eigenvalue weighted by Crippen LogP contribution is -2.21. The first-order chi connectivity index (χ1) is 3.89. The summed E-state index contributed by atoms with van der Waals surface area (Å²) in [6, 6.07) is 0. The second-order valence-electron chi connectivity index (χ2n) is 1.99. The molecule has 0 rings (SSSR count). The Hall–Kier alpha value is -0.350. The van der Waals surface area contributed by atoms with Gasteiger partial charge in [-0.3, -0.25) is 0 Å². The van der Waals surface area contributed by atoms with Crippen LogP contribution in [-0.4, -0.2) is 26.8 Å². The monoisotopic (exact) mass is 149 g/mol. The van der Waals surface area contributed by atoms with Gasteiger partial charge in [0.15, 0.2) is 0 Å². The Labute approximate surface area is 56.0 Å². The molecule has 0 saturated carbocycles. The van der Waals surface area contributed by atoms with Crippen molar-refractivity contribution in [3.8, 4) is 0 Å².